The van der Waals surface area contributed by atoms with Crippen molar-refractivity contribution in [1.29, 1.82) is 0 Å². The van der Waals surface area contributed by atoms with Crippen LogP contribution in [0.3, 0.4) is 0 Å². The molecule has 102 valence electrons. The van der Waals surface area contributed by atoms with Crippen LogP contribution in [0.25, 0.3) is 0 Å². The quantitative estimate of drug-likeness (QED) is 0.715. The lowest BCUT2D eigenvalue weighted by Gasteiger charge is -2.31. The molecular formula is C12H24FNO3. The van der Waals surface area contributed by atoms with Crippen molar-refractivity contribution >= 4 is 6.09 Å². The minimum Gasteiger partial charge on any atom is -0.444 e. The smallest absolute Gasteiger partial charge is 0.410 e. The molecule has 1 saturated heterocycles. The maximum atomic E-state index is 11.8. The van der Waals surface area contributed by atoms with Crippen molar-refractivity contribution in [3.05, 3.63) is 0 Å². The second-order valence-corrected chi connectivity index (χ2v) is 4.76. The molecule has 0 radical (unpaired) electrons. The molecule has 0 saturated carbocycles. The summed E-state index contributed by atoms with van der Waals surface area (Å²) in [5.74, 6) is 0. The number of likely N-dealkylation sites (tertiary alicyclic amines) is 1. The second-order valence-electron chi connectivity index (χ2n) is 4.76. The van der Waals surface area contributed by atoms with E-state index in [9.17, 15) is 9.32 Å². The van der Waals surface area contributed by atoms with Gasteiger partial charge in [-0.25, -0.2) is 4.79 Å². The van der Waals surface area contributed by atoms with E-state index in [0.29, 0.717) is 25.9 Å². The van der Waals surface area contributed by atoms with E-state index in [1.54, 1.807) is 4.90 Å². The van der Waals surface area contributed by atoms with Crippen LogP contribution in [0.1, 0.15) is 47.5 Å². The number of carbonyl (C=O) groups is 1. The fraction of sp³-hybridized carbons (Fsp3) is 0.917. The van der Waals surface area contributed by atoms with Gasteiger partial charge in [0.1, 0.15) is 11.7 Å². The van der Waals surface area contributed by atoms with Crippen molar-refractivity contribution in [2.45, 2.75) is 59.2 Å². The molecule has 17 heavy (non-hydrogen) atoms. The Kier molecular flexibility index (Phi) is 7.11. The molecule has 0 unspecified atom stereocenters. The third-order valence-electron chi connectivity index (χ3n) is 2.22. The molecule has 0 bridgehead atoms. The SMILES string of the molecule is CC.CC(C)(C)OC(=O)N1CCC(OF)CC1. The topological polar surface area (TPSA) is 38.8 Å². The molecular weight excluding hydrogens is 225 g/mol. The van der Waals surface area contributed by atoms with E-state index < -0.39 is 5.60 Å². The van der Waals surface area contributed by atoms with E-state index in [2.05, 4.69) is 4.94 Å². The zero-order chi connectivity index (χ0) is 13.5. The first kappa shape index (κ1) is 16.2. The average Bonchev–Trinajstić information content (AvgIpc) is 2.29. The maximum Gasteiger partial charge on any atom is 0.410 e. The lowest BCUT2D eigenvalue weighted by Crippen LogP contribution is -2.43. The first-order valence-corrected chi connectivity index (χ1v) is 6.17. The van der Waals surface area contributed by atoms with E-state index in [0.717, 1.165) is 0 Å². The third-order valence-corrected chi connectivity index (χ3v) is 2.22. The fourth-order valence-electron chi connectivity index (χ4n) is 1.45. The molecule has 1 rings (SSSR count). The Morgan fingerprint density at radius 3 is 2.06 bits per heavy atom. The fourth-order valence-corrected chi connectivity index (χ4v) is 1.45. The molecule has 0 aromatic carbocycles. The van der Waals surface area contributed by atoms with Crippen LogP contribution in [0, 0.1) is 0 Å². The summed E-state index contributed by atoms with van der Waals surface area (Å²) < 4.78 is 17.0. The molecule has 0 aromatic rings. The number of ether oxygens (including phenoxy) is 1. The van der Waals surface area contributed by atoms with Crippen molar-refractivity contribution in [2.75, 3.05) is 13.1 Å². The van der Waals surface area contributed by atoms with Gasteiger partial charge in [0.15, 0.2) is 0 Å². The number of carbonyl (C=O) groups excluding carboxylic acids is 1. The first-order valence-electron chi connectivity index (χ1n) is 6.17. The summed E-state index contributed by atoms with van der Waals surface area (Å²) in [5.41, 5.74) is -0.482. The van der Waals surface area contributed by atoms with Gasteiger partial charge in [-0.15, -0.1) is 0 Å². The molecule has 0 spiro atoms. The van der Waals surface area contributed by atoms with Gasteiger partial charge in [0, 0.05) is 13.1 Å². The van der Waals surface area contributed by atoms with Gasteiger partial charge in [-0.05, 0) is 38.1 Å². The zero-order valence-corrected chi connectivity index (χ0v) is 11.5. The second kappa shape index (κ2) is 7.48. The number of halogens is 1. The molecule has 4 nitrogen and oxygen atoms in total. The predicted molar refractivity (Wildman–Crippen MR) is 64.4 cm³/mol. The third kappa shape index (κ3) is 6.46. The minimum atomic E-state index is -0.482. The molecule has 1 amide bonds. The van der Waals surface area contributed by atoms with Crippen LogP contribution in [-0.4, -0.2) is 35.8 Å². The van der Waals surface area contributed by atoms with Crippen LogP contribution < -0.4 is 0 Å². The van der Waals surface area contributed by atoms with Gasteiger partial charge in [-0.2, -0.15) is 4.94 Å². The summed E-state index contributed by atoms with van der Waals surface area (Å²) in [6, 6.07) is 0. The molecule has 0 aromatic heterocycles. The molecule has 1 aliphatic rings. The highest BCUT2D eigenvalue weighted by Gasteiger charge is 2.27. The number of piperidine rings is 1. The Hall–Kier alpha value is -0.840. The van der Waals surface area contributed by atoms with Crippen molar-refractivity contribution in [2.24, 2.45) is 0 Å². The van der Waals surface area contributed by atoms with E-state index in [-0.39, 0.29) is 12.2 Å². The maximum absolute atomic E-state index is 11.8. The van der Waals surface area contributed by atoms with Gasteiger partial charge in [0.25, 0.3) is 0 Å². The highest BCUT2D eigenvalue weighted by atomic mass is 19.3. The lowest BCUT2D eigenvalue weighted by atomic mass is 10.1. The monoisotopic (exact) mass is 249 g/mol. The molecule has 1 fully saturated rings. The normalized spacial score (nSPS) is 17.2. The standard InChI is InChI=1S/C10H18FNO3.C2H6/c1-10(2,3)14-9(13)12-6-4-8(15-11)5-7-12;1-2/h8H,4-7H2,1-3H3;1-2H3. The van der Waals surface area contributed by atoms with Crippen molar-refractivity contribution in [1.82, 2.24) is 4.90 Å². The van der Waals surface area contributed by atoms with Crippen LogP contribution in [0.2, 0.25) is 0 Å². The molecule has 1 heterocycles. The van der Waals surface area contributed by atoms with Crippen molar-refractivity contribution in [3.8, 4) is 0 Å². The van der Waals surface area contributed by atoms with Crippen LogP contribution in [0.5, 0.6) is 0 Å². The van der Waals surface area contributed by atoms with Crippen molar-refractivity contribution < 1.29 is 19.0 Å². The van der Waals surface area contributed by atoms with Gasteiger partial charge in [0.2, 0.25) is 0 Å². The lowest BCUT2D eigenvalue weighted by molar-refractivity contribution is -0.190. The number of nitrogens with zero attached hydrogens (tertiary/aromatic N) is 1. The highest BCUT2D eigenvalue weighted by Crippen LogP contribution is 2.17. The Bertz CT molecular complexity index is 220. The van der Waals surface area contributed by atoms with Crippen LogP contribution in [0.15, 0.2) is 0 Å². The van der Waals surface area contributed by atoms with Gasteiger partial charge in [-0.3, -0.25) is 0 Å². The Balaban J connectivity index is 0.00000121. The van der Waals surface area contributed by atoms with E-state index >= 15 is 0 Å². The summed E-state index contributed by atoms with van der Waals surface area (Å²) in [4.78, 5) is 16.9. The summed E-state index contributed by atoms with van der Waals surface area (Å²) in [5, 5.41) is 0. The van der Waals surface area contributed by atoms with Gasteiger partial charge < -0.3 is 9.64 Å². The number of rotatable bonds is 1. The summed E-state index contributed by atoms with van der Waals surface area (Å²) in [6.45, 7) is 10.4. The zero-order valence-electron chi connectivity index (χ0n) is 11.5. The van der Waals surface area contributed by atoms with Crippen LogP contribution in [-0.2, 0) is 9.68 Å². The summed E-state index contributed by atoms with van der Waals surface area (Å²) in [7, 11) is 0. The van der Waals surface area contributed by atoms with Crippen LogP contribution >= 0.6 is 0 Å². The number of amides is 1. The summed E-state index contributed by atoms with van der Waals surface area (Å²) >= 11 is 0. The Morgan fingerprint density at radius 1 is 1.24 bits per heavy atom. The largest absolute Gasteiger partial charge is 0.444 e. The highest BCUT2D eigenvalue weighted by molar-refractivity contribution is 5.68. The first-order chi connectivity index (χ1) is 7.92. The predicted octanol–water partition coefficient (Wildman–Crippen LogP) is 3.31. The molecule has 1 aliphatic heterocycles. The van der Waals surface area contributed by atoms with Crippen molar-refractivity contribution in [3.63, 3.8) is 0 Å². The van der Waals surface area contributed by atoms with E-state index in [4.69, 9.17) is 4.74 Å². The van der Waals surface area contributed by atoms with Gasteiger partial charge >= 0.3 is 6.09 Å². The molecule has 0 N–H and O–H groups in total. The van der Waals surface area contributed by atoms with Gasteiger partial charge in [0.05, 0.1) is 0 Å². The number of hydrogen-bond donors (Lipinski definition) is 0. The van der Waals surface area contributed by atoms with E-state index in [1.807, 2.05) is 34.6 Å². The van der Waals surface area contributed by atoms with Crippen LogP contribution in [0.4, 0.5) is 9.32 Å². The molecule has 5 heteroatoms. The molecule has 0 aliphatic carbocycles. The Labute approximate surface area is 103 Å². The number of hydrogen-bond acceptors (Lipinski definition) is 3. The minimum absolute atomic E-state index is 0.334. The average molecular weight is 249 g/mol. The summed E-state index contributed by atoms with van der Waals surface area (Å²) in [6.07, 6.45) is 0.342. The van der Waals surface area contributed by atoms with Gasteiger partial charge in [-0.1, -0.05) is 13.8 Å². The Morgan fingerprint density at radius 2 is 1.71 bits per heavy atom. The molecule has 0 atom stereocenters. The van der Waals surface area contributed by atoms with E-state index in [1.165, 1.54) is 0 Å².